The summed E-state index contributed by atoms with van der Waals surface area (Å²) in [4.78, 5) is 27.1. The van der Waals surface area contributed by atoms with Crippen LogP contribution in [-0.4, -0.2) is 43.9 Å². The largest absolute Gasteiger partial charge is 0.389 e. The highest BCUT2D eigenvalue weighted by molar-refractivity contribution is 7.07. The summed E-state index contributed by atoms with van der Waals surface area (Å²) in [5.41, 5.74) is 6.14. The van der Waals surface area contributed by atoms with Gasteiger partial charge in [0.05, 0.1) is 52.9 Å². The van der Waals surface area contributed by atoms with Crippen LogP contribution in [0.3, 0.4) is 0 Å². The Bertz CT molecular complexity index is 1530. The Hall–Kier alpha value is -3.46. The SMILES string of the molecule is O=c1c2cc(Cc3ccc(-c4cscn4)nc3)c3ccccc3c2ncn1[C@H]1CCOC[C@@H]1O. The summed E-state index contributed by atoms with van der Waals surface area (Å²) in [7, 11) is 0. The first kappa shape index (κ1) is 21.1. The van der Waals surface area contributed by atoms with Crippen LogP contribution in [0.2, 0.25) is 0 Å². The Balaban J connectivity index is 1.45. The number of hydrogen-bond acceptors (Lipinski definition) is 7. The van der Waals surface area contributed by atoms with E-state index in [1.165, 1.54) is 0 Å². The molecule has 5 aromatic rings. The average Bonchev–Trinajstić information content (AvgIpc) is 3.41. The number of aliphatic hydroxyl groups is 1. The summed E-state index contributed by atoms with van der Waals surface area (Å²) in [6.45, 7) is 0.737. The van der Waals surface area contributed by atoms with Crippen molar-refractivity contribution in [1.29, 1.82) is 0 Å². The molecular formula is C26H22N4O3S. The van der Waals surface area contributed by atoms with Crippen LogP contribution in [0, 0.1) is 0 Å². The first-order chi connectivity index (χ1) is 16.7. The molecule has 0 amide bonds. The second-order valence-corrected chi connectivity index (χ2v) is 9.25. The topological polar surface area (TPSA) is 90.1 Å². The molecule has 3 aromatic heterocycles. The van der Waals surface area contributed by atoms with E-state index in [1.807, 2.05) is 41.9 Å². The van der Waals surface area contributed by atoms with E-state index in [0.29, 0.717) is 30.4 Å². The number of aromatic nitrogens is 4. The molecule has 1 aliphatic heterocycles. The van der Waals surface area contributed by atoms with E-state index < -0.39 is 6.10 Å². The summed E-state index contributed by atoms with van der Waals surface area (Å²) >= 11 is 1.55. The summed E-state index contributed by atoms with van der Waals surface area (Å²) in [5.74, 6) is 0. The average molecular weight is 471 g/mol. The van der Waals surface area contributed by atoms with Crippen LogP contribution in [0.4, 0.5) is 0 Å². The van der Waals surface area contributed by atoms with E-state index in [0.717, 1.165) is 33.3 Å². The number of benzene rings is 2. The molecular weight excluding hydrogens is 448 g/mol. The van der Waals surface area contributed by atoms with Crippen LogP contribution in [0.15, 0.2) is 70.7 Å². The molecule has 2 aromatic carbocycles. The summed E-state index contributed by atoms with van der Waals surface area (Å²) in [5, 5.41) is 15.0. The first-order valence-electron chi connectivity index (χ1n) is 11.2. The highest BCUT2D eigenvalue weighted by atomic mass is 32.1. The van der Waals surface area contributed by atoms with Crippen molar-refractivity contribution in [1.82, 2.24) is 19.5 Å². The molecule has 1 aliphatic rings. The maximum atomic E-state index is 13.6. The van der Waals surface area contributed by atoms with Crippen LogP contribution in [-0.2, 0) is 11.2 Å². The molecule has 8 heteroatoms. The lowest BCUT2D eigenvalue weighted by Crippen LogP contribution is -2.39. The van der Waals surface area contributed by atoms with Crippen molar-refractivity contribution in [3.05, 3.63) is 87.4 Å². The molecule has 7 nitrogen and oxygen atoms in total. The maximum Gasteiger partial charge on any atom is 0.261 e. The number of ether oxygens (including phenoxy) is 1. The monoisotopic (exact) mass is 470 g/mol. The van der Waals surface area contributed by atoms with Crippen LogP contribution in [0.25, 0.3) is 33.1 Å². The zero-order chi connectivity index (χ0) is 23.1. The fourth-order valence-electron chi connectivity index (χ4n) is 4.71. The number of rotatable bonds is 4. The predicted molar refractivity (Wildman–Crippen MR) is 132 cm³/mol. The fraction of sp³-hybridized carbons (Fsp3) is 0.231. The molecule has 6 rings (SSSR count). The van der Waals surface area contributed by atoms with Gasteiger partial charge in [0.25, 0.3) is 5.56 Å². The highest BCUT2D eigenvalue weighted by Gasteiger charge is 2.27. The van der Waals surface area contributed by atoms with Gasteiger partial charge in [0.1, 0.15) is 0 Å². The minimum absolute atomic E-state index is 0.139. The molecule has 1 N–H and O–H groups in total. The van der Waals surface area contributed by atoms with Gasteiger partial charge in [-0.05, 0) is 41.5 Å². The minimum atomic E-state index is -0.729. The Morgan fingerprint density at radius 3 is 2.71 bits per heavy atom. The van der Waals surface area contributed by atoms with E-state index >= 15 is 0 Å². The molecule has 170 valence electrons. The normalized spacial score (nSPS) is 18.5. The van der Waals surface area contributed by atoms with Crippen molar-refractivity contribution in [2.75, 3.05) is 13.2 Å². The van der Waals surface area contributed by atoms with Crippen molar-refractivity contribution in [3.63, 3.8) is 0 Å². The van der Waals surface area contributed by atoms with Crippen LogP contribution >= 0.6 is 11.3 Å². The van der Waals surface area contributed by atoms with Crippen molar-refractivity contribution in [2.24, 2.45) is 0 Å². The van der Waals surface area contributed by atoms with Crippen LogP contribution < -0.4 is 5.56 Å². The lowest BCUT2D eigenvalue weighted by molar-refractivity contribution is -0.0395. The second-order valence-electron chi connectivity index (χ2n) is 8.53. The summed E-state index contributed by atoms with van der Waals surface area (Å²) < 4.78 is 6.91. The molecule has 0 aliphatic carbocycles. The zero-order valence-electron chi connectivity index (χ0n) is 18.3. The molecule has 2 atom stereocenters. The Labute approximate surface area is 199 Å². The number of aliphatic hydroxyl groups excluding tert-OH is 1. The van der Waals surface area contributed by atoms with Crippen LogP contribution in [0.5, 0.6) is 0 Å². The molecule has 1 saturated heterocycles. The molecule has 0 bridgehead atoms. The predicted octanol–water partition coefficient (Wildman–Crippen LogP) is 3.98. The fourth-order valence-corrected chi connectivity index (χ4v) is 5.25. The van der Waals surface area contributed by atoms with Gasteiger partial charge in [0.15, 0.2) is 0 Å². The quantitative estimate of drug-likeness (QED) is 0.400. The van der Waals surface area contributed by atoms with E-state index in [9.17, 15) is 9.90 Å². The number of thiazole rings is 1. The van der Waals surface area contributed by atoms with E-state index in [-0.39, 0.29) is 18.2 Å². The lowest BCUT2D eigenvalue weighted by Gasteiger charge is -2.29. The Morgan fingerprint density at radius 2 is 1.94 bits per heavy atom. The van der Waals surface area contributed by atoms with Crippen molar-refractivity contribution in [3.8, 4) is 11.4 Å². The molecule has 0 spiro atoms. The van der Waals surface area contributed by atoms with Gasteiger partial charge in [-0.15, -0.1) is 11.3 Å². The first-order valence-corrected chi connectivity index (χ1v) is 12.1. The van der Waals surface area contributed by atoms with Gasteiger partial charge < -0.3 is 9.84 Å². The van der Waals surface area contributed by atoms with Gasteiger partial charge in [-0.1, -0.05) is 30.3 Å². The van der Waals surface area contributed by atoms with E-state index in [4.69, 9.17) is 4.74 Å². The van der Waals surface area contributed by atoms with Gasteiger partial charge in [-0.2, -0.15) is 0 Å². The standard InChI is InChI=1S/C26H22N4O3S/c31-24-12-33-8-7-23(24)30-14-28-25-19-4-2-1-3-18(19)17(10-20(25)26(30)32)9-16-5-6-21(27-11-16)22-13-34-15-29-22/h1-6,10-11,13-15,23-24,31H,7-9,12H2/t23-,24-/m0/s1. The highest BCUT2D eigenvalue weighted by Crippen LogP contribution is 2.29. The summed E-state index contributed by atoms with van der Waals surface area (Å²) in [6, 6.07) is 13.7. The molecule has 0 radical (unpaired) electrons. The van der Waals surface area contributed by atoms with Gasteiger partial charge in [-0.3, -0.25) is 14.3 Å². The Morgan fingerprint density at radius 1 is 1.06 bits per heavy atom. The number of nitrogens with zero attached hydrogens (tertiary/aromatic N) is 4. The van der Waals surface area contributed by atoms with Gasteiger partial charge >= 0.3 is 0 Å². The second kappa shape index (κ2) is 8.72. The van der Waals surface area contributed by atoms with Gasteiger partial charge in [0.2, 0.25) is 0 Å². The lowest BCUT2D eigenvalue weighted by atomic mass is 9.96. The van der Waals surface area contributed by atoms with E-state index in [1.54, 1.807) is 27.7 Å². The molecule has 4 heterocycles. The van der Waals surface area contributed by atoms with Crippen molar-refractivity contribution >= 4 is 33.0 Å². The smallest absolute Gasteiger partial charge is 0.261 e. The maximum absolute atomic E-state index is 13.6. The molecule has 0 unspecified atom stereocenters. The zero-order valence-corrected chi connectivity index (χ0v) is 19.1. The summed E-state index contributed by atoms with van der Waals surface area (Å²) in [6.07, 6.45) is 3.92. The number of pyridine rings is 1. The number of fused-ring (bicyclic) bond motifs is 3. The third-order valence-corrected chi connectivity index (χ3v) is 7.03. The third-order valence-electron chi connectivity index (χ3n) is 6.44. The molecule has 34 heavy (non-hydrogen) atoms. The van der Waals surface area contributed by atoms with Gasteiger partial charge in [0, 0.05) is 23.6 Å². The molecule has 1 fully saturated rings. The van der Waals surface area contributed by atoms with E-state index in [2.05, 4.69) is 27.1 Å². The van der Waals surface area contributed by atoms with Crippen molar-refractivity contribution < 1.29 is 9.84 Å². The molecule has 0 saturated carbocycles. The van der Waals surface area contributed by atoms with Crippen molar-refractivity contribution in [2.45, 2.75) is 25.0 Å². The van der Waals surface area contributed by atoms with Crippen LogP contribution in [0.1, 0.15) is 23.6 Å². The third kappa shape index (κ3) is 3.69. The minimum Gasteiger partial charge on any atom is -0.389 e. The van der Waals surface area contributed by atoms with Gasteiger partial charge in [-0.25, -0.2) is 9.97 Å². The Kier molecular flexibility index (Phi) is 5.41. The number of hydrogen-bond donors (Lipinski definition) is 1.